The molecule has 0 bridgehead atoms. The summed E-state index contributed by atoms with van der Waals surface area (Å²) in [6.07, 6.45) is 2.91. The Morgan fingerprint density at radius 2 is 2.43 bits per heavy atom. The number of aromatic nitrogens is 2. The average Bonchev–Trinajstić information content (AvgIpc) is 2.73. The number of thiophene rings is 1. The van der Waals surface area contributed by atoms with E-state index in [-0.39, 0.29) is 0 Å². The van der Waals surface area contributed by atoms with Crippen molar-refractivity contribution in [1.29, 1.82) is 0 Å². The lowest BCUT2D eigenvalue weighted by atomic mass is 10.2. The minimum absolute atomic E-state index is 0.585. The van der Waals surface area contributed by atoms with Crippen molar-refractivity contribution in [3.05, 3.63) is 38.8 Å². The van der Waals surface area contributed by atoms with Gasteiger partial charge in [-0.05, 0) is 27.4 Å². The molecule has 14 heavy (non-hydrogen) atoms. The van der Waals surface area contributed by atoms with Crippen LogP contribution in [0.3, 0.4) is 0 Å². The molecule has 0 aromatic carbocycles. The predicted octanol–water partition coefficient (Wildman–Crippen LogP) is 2.33. The Balaban J connectivity index is 2.33. The smallest absolute Gasteiger partial charge is 0.117 e. The highest BCUT2D eigenvalue weighted by atomic mass is 79.9. The fourth-order valence-corrected chi connectivity index (χ4v) is 2.83. The first-order valence-electron chi connectivity index (χ1n) is 4.08. The SMILES string of the molecule is Cn1cc(C(O)c2sccc2Br)cn1. The molecule has 2 aromatic rings. The zero-order chi connectivity index (χ0) is 10.1. The number of rotatable bonds is 2. The molecular weight excluding hydrogens is 264 g/mol. The first-order valence-corrected chi connectivity index (χ1v) is 5.75. The van der Waals surface area contributed by atoms with Crippen LogP contribution in [0.5, 0.6) is 0 Å². The van der Waals surface area contributed by atoms with E-state index in [1.54, 1.807) is 10.9 Å². The Kier molecular flexibility index (Phi) is 2.71. The van der Waals surface area contributed by atoms with Crippen LogP contribution in [0.25, 0.3) is 0 Å². The predicted molar refractivity (Wildman–Crippen MR) is 59.3 cm³/mol. The van der Waals surface area contributed by atoms with E-state index in [1.165, 1.54) is 11.3 Å². The van der Waals surface area contributed by atoms with E-state index in [9.17, 15) is 5.11 Å². The molecule has 3 nitrogen and oxygen atoms in total. The summed E-state index contributed by atoms with van der Waals surface area (Å²) in [5, 5.41) is 16.0. The van der Waals surface area contributed by atoms with Gasteiger partial charge in [0.05, 0.1) is 11.1 Å². The van der Waals surface area contributed by atoms with Gasteiger partial charge >= 0.3 is 0 Å². The van der Waals surface area contributed by atoms with Crippen LogP contribution in [0.4, 0.5) is 0 Å². The van der Waals surface area contributed by atoms with Gasteiger partial charge in [0.1, 0.15) is 6.10 Å². The highest BCUT2D eigenvalue weighted by Gasteiger charge is 2.16. The maximum Gasteiger partial charge on any atom is 0.117 e. The van der Waals surface area contributed by atoms with E-state index in [0.29, 0.717) is 0 Å². The summed E-state index contributed by atoms with van der Waals surface area (Å²) in [6, 6.07) is 1.93. The van der Waals surface area contributed by atoms with Crippen LogP contribution in [-0.2, 0) is 7.05 Å². The number of halogens is 1. The zero-order valence-corrected chi connectivity index (χ0v) is 9.92. The molecule has 2 rings (SSSR count). The fraction of sp³-hybridized carbons (Fsp3) is 0.222. The summed E-state index contributed by atoms with van der Waals surface area (Å²) in [5.41, 5.74) is 0.815. The summed E-state index contributed by atoms with van der Waals surface area (Å²) < 4.78 is 2.62. The number of nitrogens with zero attached hydrogens (tertiary/aromatic N) is 2. The van der Waals surface area contributed by atoms with E-state index in [1.807, 2.05) is 24.7 Å². The summed E-state index contributed by atoms with van der Waals surface area (Å²) in [7, 11) is 1.83. The first-order chi connectivity index (χ1) is 6.68. The van der Waals surface area contributed by atoms with Crippen molar-refractivity contribution in [3.8, 4) is 0 Å². The third-order valence-corrected chi connectivity index (χ3v) is 3.86. The summed E-state index contributed by atoms with van der Waals surface area (Å²) >= 11 is 4.92. The number of hydrogen-bond donors (Lipinski definition) is 1. The van der Waals surface area contributed by atoms with Gasteiger partial charge in [0.2, 0.25) is 0 Å². The molecule has 0 aliphatic rings. The van der Waals surface area contributed by atoms with Gasteiger partial charge < -0.3 is 5.11 Å². The van der Waals surface area contributed by atoms with Crippen LogP contribution >= 0.6 is 27.3 Å². The van der Waals surface area contributed by atoms with Gasteiger partial charge in [0.15, 0.2) is 0 Å². The normalized spacial score (nSPS) is 13.1. The average molecular weight is 273 g/mol. The molecule has 0 saturated heterocycles. The molecule has 0 saturated carbocycles. The van der Waals surface area contributed by atoms with Gasteiger partial charge in [0.25, 0.3) is 0 Å². The Bertz CT molecular complexity index is 437. The van der Waals surface area contributed by atoms with Crippen LogP contribution in [0.1, 0.15) is 16.5 Å². The van der Waals surface area contributed by atoms with Gasteiger partial charge in [-0.3, -0.25) is 4.68 Å². The Labute approximate surface area is 94.1 Å². The molecule has 74 valence electrons. The molecular formula is C9H9BrN2OS. The van der Waals surface area contributed by atoms with Crippen LogP contribution in [0.2, 0.25) is 0 Å². The largest absolute Gasteiger partial charge is 0.383 e. The standard InChI is InChI=1S/C9H9BrN2OS/c1-12-5-6(4-11-12)8(13)9-7(10)2-3-14-9/h2-5,8,13H,1H3. The second-order valence-corrected chi connectivity index (χ2v) is 4.78. The molecule has 0 radical (unpaired) electrons. The summed E-state index contributed by atoms with van der Waals surface area (Å²) in [4.78, 5) is 0.915. The lowest BCUT2D eigenvalue weighted by molar-refractivity contribution is 0.223. The molecule has 0 aliphatic heterocycles. The van der Waals surface area contributed by atoms with Gasteiger partial charge in [-0.15, -0.1) is 11.3 Å². The highest BCUT2D eigenvalue weighted by Crippen LogP contribution is 2.32. The van der Waals surface area contributed by atoms with Crippen molar-refractivity contribution in [2.75, 3.05) is 0 Å². The molecule has 2 heterocycles. The monoisotopic (exact) mass is 272 g/mol. The molecule has 1 atom stereocenters. The van der Waals surface area contributed by atoms with Gasteiger partial charge in [-0.1, -0.05) is 0 Å². The second-order valence-electron chi connectivity index (χ2n) is 2.98. The maximum absolute atomic E-state index is 10.0. The van der Waals surface area contributed by atoms with Crippen molar-refractivity contribution in [3.63, 3.8) is 0 Å². The third-order valence-electron chi connectivity index (χ3n) is 1.93. The lowest BCUT2D eigenvalue weighted by Crippen LogP contribution is -1.96. The van der Waals surface area contributed by atoms with Crippen LogP contribution in [0.15, 0.2) is 28.3 Å². The van der Waals surface area contributed by atoms with E-state index < -0.39 is 6.10 Å². The Morgan fingerprint density at radius 1 is 1.64 bits per heavy atom. The molecule has 5 heteroatoms. The van der Waals surface area contributed by atoms with E-state index in [4.69, 9.17) is 0 Å². The van der Waals surface area contributed by atoms with Crippen molar-refractivity contribution in [2.24, 2.45) is 7.05 Å². The summed E-state index contributed by atoms with van der Waals surface area (Å²) in [5.74, 6) is 0. The second kappa shape index (κ2) is 3.84. The van der Waals surface area contributed by atoms with Crippen molar-refractivity contribution in [1.82, 2.24) is 9.78 Å². The van der Waals surface area contributed by atoms with Crippen LogP contribution in [0, 0.1) is 0 Å². The Morgan fingerprint density at radius 3 is 2.93 bits per heavy atom. The number of hydrogen-bond acceptors (Lipinski definition) is 3. The maximum atomic E-state index is 10.0. The van der Waals surface area contributed by atoms with E-state index in [0.717, 1.165) is 14.9 Å². The van der Waals surface area contributed by atoms with Gasteiger partial charge in [-0.2, -0.15) is 5.10 Å². The van der Waals surface area contributed by atoms with E-state index in [2.05, 4.69) is 21.0 Å². The molecule has 0 amide bonds. The topological polar surface area (TPSA) is 38.0 Å². The zero-order valence-electron chi connectivity index (χ0n) is 7.51. The molecule has 0 aliphatic carbocycles. The molecule has 1 N–H and O–H groups in total. The van der Waals surface area contributed by atoms with Crippen molar-refractivity contribution >= 4 is 27.3 Å². The van der Waals surface area contributed by atoms with Crippen LogP contribution < -0.4 is 0 Å². The van der Waals surface area contributed by atoms with Gasteiger partial charge in [-0.25, -0.2) is 0 Å². The number of aliphatic hydroxyl groups is 1. The minimum atomic E-state index is -0.585. The van der Waals surface area contributed by atoms with Crippen molar-refractivity contribution in [2.45, 2.75) is 6.10 Å². The van der Waals surface area contributed by atoms with Crippen LogP contribution in [-0.4, -0.2) is 14.9 Å². The number of aryl methyl sites for hydroxylation is 1. The molecule has 2 aromatic heterocycles. The first kappa shape index (κ1) is 9.89. The molecule has 1 unspecified atom stereocenters. The van der Waals surface area contributed by atoms with Crippen molar-refractivity contribution < 1.29 is 5.11 Å². The number of aliphatic hydroxyl groups excluding tert-OH is 1. The Hall–Kier alpha value is -0.650. The lowest BCUT2D eigenvalue weighted by Gasteiger charge is -2.05. The third kappa shape index (κ3) is 1.75. The molecule has 0 fully saturated rings. The highest BCUT2D eigenvalue weighted by molar-refractivity contribution is 9.10. The summed E-state index contributed by atoms with van der Waals surface area (Å²) in [6.45, 7) is 0. The van der Waals surface area contributed by atoms with E-state index >= 15 is 0 Å². The molecule has 0 spiro atoms. The fourth-order valence-electron chi connectivity index (χ4n) is 1.23. The quantitative estimate of drug-likeness (QED) is 0.911. The van der Waals surface area contributed by atoms with Gasteiger partial charge in [0, 0.05) is 23.3 Å². The minimum Gasteiger partial charge on any atom is -0.383 e.